The highest BCUT2D eigenvalue weighted by molar-refractivity contribution is 6.03. The molecule has 0 spiro atoms. The van der Waals surface area contributed by atoms with E-state index in [0.29, 0.717) is 30.1 Å². The highest BCUT2D eigenvalue weighted by Gasteiger charge is 2.65. The van der Waals surface area contributed by atoms with Crippen LogP contribution in [-0.4, -0.2) is 72.3 Å². The second kappa shape index (κ2) is 26.2. The average Bonchev–Trinajstić information content (AvgIpc) is 3.32. The molecule has 0 aromatic heterocycles. The first-order valence-electron chi connectivity index (χ1n) is 25.2. The molecule has 11 heteroatoms. The van der Waals surface area contributed by atoms with Gasteiger partial charge < -0.3 is 34.0 Å². The van der Waals surface area contributed by atoms with Crippen LogP contribution in [0.2, 0.25) is 0 Å². The number of fused-ring (bicyclic) bond motifs is 2. The Hall–Kier alpha value is -4.71. The average molecular weight is 925 g/mol. The van der Waals surface area contributed by atoms with Gasteiger partial charge in [0.1, 0.15) is 36.2 Å². The van der Waals surface area contributed by atoms with Crippen LogP contribution < -0.4 is 9.47 Å². The number of nitrogens with zero attached hydrogens (tertiary/aromatic N) is 2. The molecule has 1 saturated carbocycles. The van der Waals surface area contributed by atoms with Crippen LogP contribution in [0.4, 0.5) is 9.18 Å². The summed E-state index contributed by atoms with van der Waals surface area (Å²) < 4.78 is 41.7. The molecule has 0 bridgehead atoms. The third-order valence-corrected chi connectivity index (χ3v) is 14.2. The number of oxime groups is 1. The first kappa shape index (κ1) is 51.7. The van der Waals surface area contributed by atoms with Gasteiger partial charge in [0.15, 0.2) is 0 Å². The number of benzene rings is 3. The molecule has 3 aromatic carbocycles. The number of hydrogen-bond acceptors (Lipinski definition) is 9. The largest absolute Gasteiger partial charge is 0.459 e. The van der Waals surface area contributed by atoms with E-state index in [0.717, 1.165) is 73.0 Å². The minimum absolute atomic E-state index is 0.0432. The number of rotatable bonds is 28. The van der Waals surface area contributed by atoms with Crippen LogP contribution in [0.25, 0.3) is 0 Å². The number of carbonyl (C=O) groups is 1. The van der Waals surface area contributed by atoms with Crippen LogP contribution in [-0.2, 0) is 20.9 Å². The summed E-state index contributed by atoms with van der Waals surface area (Å²) in [5.74, 6) is -0.424. The van der Waals surface area contributed by atoms with E-state index >= 15 is 0 Å². The second-order valence-electron chi connectivity index (χ2n) is 18.9. The molecule has 6 atom stereocenters. The van der Waals surface area contributed by atoms with Crippen LogP contribution >= 0.6 is 0 Å². The van der Waals surface area contributed by atoms with Crippen LogP contribution in [0.1, 0.15) is 144 Å². The molecule has 2 aliphatic carbocycles. The Bertz CT molecular complexity index is 2090. The van der Waals surface area contributed by atoms with Gasteiger partial charge in [-0.2, -0.15) is 0 Å². The van der Waals surface area contributed by atoms with E-state index in [-0.39, 0.29) is 63.0 Å². The topological polar surface area (TPSA) is 119 Å². The summed E-state index contributed by atoms with van der Waals surface area (Å²) in [5.41, 5.74) is 5.61. The zero-order chi connectivity index (χ0) is 47.6. The lowest BCUT2D eigenvalue weighted by Crippen LogP contribution is -2.70. The molecule has 1 heterocycles. The molecule has 1 fully saturated rings. The van der Waals surface area contributed by atoms with E-state index in [1.54, 1.807) is 23.1 Å². The molecule has 0 unspecified atom stereocenters. The normalized spacial score (nSPS) is 22.3. The Labute approximate surface area is 399 Å². The molecule has 1 aliphatic heterocycles. The van der Waals surface area contributed by atoms with Gasteiger partial charge in [0.05, 0.1) is 24.8 Å². The van der Waals surface area contributed by atoms with Gasteiger partial charge in [-0.15, -0.1) is 6.58 Å². The smallest absolute Gasteiger partial charge is 0.410 e. The zero-order valence-corrected chi connectivity index (χ0v) is 40.7. The highest BCUT2D eigenvalue weighted by Crippen LogP contribution is 2.62. The van der Waals surface area contributed by atoms with E-state index in [9.17, 15) is 19.4 Å². The molecule has 2 N–H and O–H groups in total. The zero-order valence-electron chi connectivity index (χ0n) is 40.7. The summed E-state index contributed by atoms with van der Waals surface area (Å²) in [6.07, 6.45) is 19.9. The molecule has 3 aromatic rings. The lowest BCUT2D eigenvalue weighted by molar-refractivity contribution is -0.256. The predicted molar refractivity (Wildman–Crippen MR) is 263 cm³/mol. The van der Waals surface area contributed by atoms with Crippen LogP contribution in [0.5, 0.6) is 17.2 Å². The van der Waals surface area contributed by atoms with Crippen LogP contribution in [0.3, 0.4) is 0 Å². The summed E-state index contributed by atoms with van der Waals surface area (Å²) in [4.78, 5) is 22.2. The molecule has 0 radical (unpaired) electrons. The Morgan fingerprint density at radius 3 is 2.21 bits per heavy atom. The van der Waals surface area contributed by atoms with Crippen molar-refractivity contribution in [2.45, 2.75) is 154 Å². The molecule has 3 aliphatic rings. The van der Waals surface area contributed by atoms with Crippen molar-refractivity contribution in [3.63, 3.8) is 0 Å². The number of ether oxygens (including phenoxy) is 4. The van der Waals surface area contributed by atoms with E-state index in [2.05, 4.69) is 45.6 Å². The summed E-state index contributed by atoms with van der Waals surface area (Å²) in [7, 11) is 1.54. The van der Waals surface area contributed by atoms with Crippen molar-refractivity contribution in [3.8, 4) is 17.2 Å². The maximum absolute atomic E-state index is 14.9. The number of amides is 1. The molecular weight excluding hydrogens is 848 g/mol. The molecule has 0 saturated heterocycles. The number of allylic oxidation sites excluding steroid dienone is 1. The number of unbranched alkanes of at least 4 members (excludes halogenated alkanes) is 11. The van der Waals surface area contributed by atoms with Gasteiger partial charge in [-0.25, -0.2) is 9.18 Å². The third kappa shape index (κ3) is 13.3. The van der Waals surface area contributed by atoms with Gasteiger partial charge in [-0.05, 0) is 123 Å². The fourth-order valence-electron chi connectivity index (χ4n) is 10.7. The van der Waals surface area contributed by atoms with Gasteiger partial charge in [-0.3, -0.25) is 4.90 Å². The van der Waals surface area contributed by atoms with Crippen LogP contribution in [0.15, 0.2) is 90.1 Å². The Kier molecular flexibility index (Phi) is 20.2. The molecule has 1 amide bonds. The van der Waals surface area contributed by atoms with E-state index in [1.165, 1.54) is 69.8 Å². The summed E-state index contributed by atoms with van der Waals surface area (Å²) in [6, 6.07) is 17.4. The lowest BCUT2D eigenvalue weighted by Gasteiger charge is -2.59. The fourth-order valence-corrected chi connectivity index (χ4v) is 10.7. The first-order chi connectivity index (χ1) is 32.7. The highest BCUT2D eigenvalue weighted by atomic mass is 19.1. The maximum Gasteiger partial charge on any atom is 0.410 e. The first-order valence-corrected chi connectivity index (χ1v) is 25.2. The lowest BCUT2D eigenvalue weighted by atomic mass is 9.55. The van der Waals surface area contributed by atoms with Crippen molar-refractivity contribution in [1.82, 2.24) is 4.90 Å². The van der Waals surface area contributed by atoms with Crippen molar-refractivity contribution < 1.29 is 43.2 Å². The van der Waals surface area contributed by atoms with Gasteiger partial charge in [0.25, 0.3) is 0 Å². The molecule has 67 heavy (non-hydrogen) atoms. The van der Waals surface area contributed by atoms with Crippen molar-refractivity contribution in [2.75, 3.05) is 33.5 Å². The Balaban J connectivity index is 1.44. The Morgan fingerprint density at radius 2 is 1.54 bits per heavy atom. The number of aryl methyl sites for hydroxylation is 2. The maximum atomic E-state index is 14.9. The van der Waals surface area contributed by atoms with Crippen molar-refractivity contribution in [1.29, 1.82) is 0 Å². The Morgan fingerprint density at radius 1 is 0.866 bits per heavy atom. The molecular formula is C56H77FN2O8. The summed E-state index contributed by atoms with van der Waals surface area (Å²) in [6.45, 7) is 11.1. The van der Waals surface area contributed by atoms with E-state index < -0.39 is 23.8 Å². The van der Waals surface area contributed by atoms with Gasteiger partial charge >= 0.3 is 6.09 Å². The van der Waals surface area contributed by atoms with Crippen molar-refractivity contribution in [3.05, 3.63) is 113 Å². The van der Waals surface area contributed by atoms with Gasteiger partial charge in [0, 0.05) is 37.7 Å². The molecule has 10 nitrogen and oxygen atoms in total. The second-order valence-corrected chi connectivity index (χ2v) is 18.9. The van der Waals surface area contributed by atoms with Crippen molar-refractivity contribution in [2.24, 2.45) is 22.9 Å². The van der Waals surface area contributed by atoms with E-state index in [1.807, 2.05) is 24.3 Å². The number of aliphatic hydroxyl groups is 2. The SMILES string of the molecule is C=CCO[C@@]12Oc3ccc(Oc4ccc(C)c(C)c4)cc3[C@H]3[C@H](CCCCO)[C@@H](CCCCO)C=C(C(=NOC)C[C@@H]1N(Cc1ccc(F)cc1)C(=O)OCCCCCCCCCCCC)[C@H]32. The molecule has 366 valence electrons. The summed E-state index contributed by atoms with van der Waals surface area (Å²) >= 11 is 0. The summed E-state index contributed by atoms with van der Waals surface area (Å²) in [5, 5.41) is 24.7. The third-order valence-electron chi connectivity index (χ3n) is 14.2. The predicted octanol–water partition coefficient (Wildman–Crippen LogP) is 13.1. The van der Waals surface area contributed by atoms with Crippen molar-refractivity contribution >= 4 is 11.8 Å². The van der Waals surface area contributed by atoms with Gasteiger partial charge in [0.2, 0.25) is 5.79 Å². The van der Waals surface area contributed by atoms with Gasteiger partial charge in [-0.1, -0.05) is 113 Å². The monoisotopic (exact) mass is 925 g/mol. The minimum Gasteiger partial charge on any atom is -0.459 e. The number of aliphatic hydroxyl groups excluding tert-OH is 2. The van der Waals surface area contributed by atoms with Crippen LogP contribution in [0, 0.1) is 37.4 Å². The number of carbonyl (C=O) groups excluding carboxylic acids is 1. The van der Waals surface area contributed by atoms with E-state index in [4.69, 9.17) is 28.9 Å². The fraction of sp³-hybridized carbons (Fsp3) is 0.571. The molecule has 6 rings (SSSR count). The number of halogens is 1. The number of hydrogen-bond donors (Lipinski definition) is 2. The minimum atomic E-state index is -1.47. The quantitative estimate of drug-likeness (QED) is 0.0420. The standard InChI is InChI=1S/C56H77FN2O8/c1-6-8-9-10-11-12-13-14-15-20-34-64-55(62)59(39-42-24-26-44(57)27-25-42)52-38-50(58-63-5)48-36-43(21-16-18-31-60)47(22-17-19-32-61)53-49-37-46(66-45-28-23-40(3)41(4)35-45)29-30-51(49)67-56(52,54(48)53)65-33-7-2/h7,23-30,35-37,43,47,52-54,60-61H,2,6,8-22,31-34,38-39H2,1,3-5H3/t43-,47+,52-,53+,54+,56+/m0/s1.